The van der Waals surface area contributed by atoms with Gasteiger partial charge in [0.05, 0.1) is 5.52 Å². The Morgan fingerprint density at radius 3 is 2.50 bits per heavy atom. The summed E-state index contributed by atoms with van der Waals surface area (Å²) in [5.74, 6) is 1.97. The summed E-state index contributed by atoms with van der Waals surface area (Å²) in [5.41, 5.74) is 2.89. The number of aryl methyl sites for hydroxylation is 1. The zero-order valence-corrected chi connectivity index (χ0v) is 14.7. The number of fused-ring (bicyclic) bond motifs is 1. The second kappa shape index (κ2) is 6.92. The van der Waals surface area contributed by atoms with Crippen molar-refractivity contribution in [3.63, 3.8) is 0 Å². The van der Waals surface area contributed by atoms with Crippen LogP contribution >= 0.6 is 0 Å². The number of para-hydroxylation sites is 1. The van der Waals surface area contributed by atoms with E-state index in [4.69, 9.17) is 4.42 Å². The number of benzene rings is 2. The molecule has 26 heavy (non-hydrogen) atoms. The molecule has 0 atom stereocenters. The van der Waals surface area contributed by atoms with Crippen LogP contribution in [0.25, 0.3) is 34.1 Å². The third kappa shape index (κ3) is 3.13. The zero-order valence-electron chi connectivity index (χ0n) is 14.7. The van der Waals surface area contributed by atoms with Gasteiger partial charge in [-0.25, -0.2) is 9.97 Å². The molecule has 0 amide bonds. The summed E-state index contributed by atoms with van der Waals surface area (Å²) in [7, 11) is 0. The van der Waals surface area contributed by atoms with Gasteiger partial charge in [0, 0.05) is 17.5 Å². The van der Waals surface area contributed by atoms with Gasteiger partial charge in [-0.15, -0.1) is 10.2 Å². The highest BCUT2D eigenvalue weighted by Gasteiger charge is 2.15. The van der Waals surface area contributed by atoms with Crippen LogP contribution in [0.3, 0.4) is 0 Å². The van der Waals surface area contributed by atoms with Crippen molar-refractivity contribution in [2.45, 2.75) is 20.3 Å². The Labute approximate surface area is 151 Å². The number of nitrogens with zero attached hydrogens (tertiary/aromatic N) is 4. The topological polar surface area (TPSA) is 76.7 Å². The van der Waals surface area contributed by atoms with E-state index in [1.165, 1.54) is 5.56 Å². The predicted molar refractivity (Wildman–Crippen MR) is 102 cm³/mol. The largest absolute Gasteiger partial charge is 0.413 e. The molecule has 0 aliphatic heterocycles. The molecule has 4 rings (SSSR count). The highest BCUT2D eigenvalue weighted by molar-refractivity contribution is 5.90. The zero-order chi connectivity index (χ0) is 17.9. The summed E-state index contributed by atoms with van der Waals surface area (Å²) >= 11 is 0. The van der Waals surface area contributed by atoms with Crippen LogP contribution in [0.2, 0.25) is 0 Å². The summed E-state index contributed by atoms with van der Waals surface area (Å²) in [6.07, 6.45) is 1.01. The van der Waals surface area contributed by atoms with Crippen molar-refractivity contribution < 1.29 is 4.42 Å². The van der Waals surface area contributed by atoms with Crippen molar-refractivity contribution in [3.05, 3.63) is 54.1 Å². The molecule has 0 saturated carbocycles. The van der Waals surface area contributed by atoms with Gasteiger partial charge in [0.2, 0.25) is 11.7 Å². The summed E-state index contributed by atoms with van der Waals surface area (Å²) in [6.45, 7) is 4.98. The average Bonchev–Trinajstić information content (AvgIpc) is 3.16. The maximum Gasteiger partial charge on any atom is 0.286 e. The van der Waals surface area contributed by atoms with Crippen LogP contribution in [0.15, 0.2) is 52.9 Å². The average molecular weight is 345 g/mol. The van der Waals surface area contributed by atoms with Crippen LogP contribution in [-0.2, 0) is 0 Å². The van der Waals surface area contributed by atoms with E-state index < -0.39 is 0 Å². The molecule has 0 unspecified atom stereocenters. The fourth-order valence-electron chi connectivity index (χ4n) is 2.68. The van der Waals surface area contributed by atoms with Crippen molar-refractivity contribution in [3.8, 4) is 23.2 Å². The van der Waals surface area contributed by atoms with Crippen LogP contribution in [0.5, 0.6) is 0 Å². The lowest BCUT2D eigenvalue weighted by atomic mass is 10.1. The van der Waals surface area contributed by atoms with Gasteiger partial charge >= 0.3 is 0 Å². The maximum atomic E-state index is 5.83. The van der Waals surface area contributed by atoms with Gasteiger partial charge in [0.15, 0.2) is 0 Å². The molecule has 2 aromatic carbocycles. The standard InChI is InChI=1S/C20H19N5O/c1-3-12-21-17-15-6-4-5-7-16(15)22-18(23-17)20-25-24-19(26-20)14-10-8-13(2)9-11-14/h4-11H,3,12H2,1-2H3,(H,21,22,23). The number of hydrogen-bond donors (Lipinski definition) is 1. The SMILES string of the molecule is CCCNc1nc(-c2nnc(-c3ccc(C)cc3)o2)nc2ccccc12. The molecule has 0 spiro atoms. The first kappa shape index (κ1) is 16.2. The molecule has 4 aromatic rings. The number of hydrogen-bond acceptors (Lipinski definition) is 6. The van der Waals surface area contributed by atoms with E-state index in [1.807, 2.05) is 55.5 Å². The minimum absolute atomic E-state index is 0.311. The minimum atomic E-state index is 0.311. The van der Waals surface area contributed by atoms with Gasteiger partial charge in [0.1, 0.15) is 5.82 Å². The van der Waals surface area contributed by atoms with Crippen LogP contribution in [0.4, 0.5) is 5.82 Å². The highest BCUT2D eigenvalue weighted by Crippen LogP contribution is 2.26. The molecular weight excluding hydrogens is 326 g/mol. The lowest BCUT2D eigenvalue weighted by molar-refractivity contribution is 0.579. The number of anilines is 1. The monoisotopic (exact) mass is 345 g/mol. The smallest absolute Gasteiger partial charge is 0.286 e. The van der Waals surface area contributed by atoms with Crippen molar-refractivity contribution in [2.75, 3.05) is 11.9 Å². The first-order chi connectivity index (χ1) is 12.7. The Balaban J connectivity index is 1.75. The Hall–Kier alpha value is -3.28. The number of nitrogens with one attached hydrogen (secondary N) is 1. The van der Waals surface area contributed by atoms with E-state index >= 15 is 0 Å². The molecule has 0 bridgehead atoms. The second-order valence-electron chi connectivity index (χ2n) is 6.12. The number of rotatable bonds is 5. The Bertz CT molecular complexity index is 1040. The second-order valence-corrected chi connectivity index (χ2v) is 6.12. The van der Waals surface area contributed by atoms with E-state index in [-0.39, 0.29) is 0 Å². The molecular formula is C20H19N5O. The fourth-order valence-corrected chi connectivity index (χ4v) is 2.68. The quantitative estimate of drug-likeness (QED) is 0.575. The molecule has 6 heteroatoms. The molecule has 0 aliphatic carbocycles. The molecule has 0 saturated heterocycles. The van der Waals surface area contributed by atoms with Crippen molar-refractivity contribution in [2.24, 2.45) is 0 Å². The van der Waals surface area contributed by atoms with Gasteiger partial charge in [0.25, 0.3) is 5.89 Å². The van der Waals surface area contributed by atoms with Gasteiger partial charge < -0.3 is 9.73 Å². The van der Waals surface area contributed by atoms with Gasteiger partial charge in [-0.2, -0.15) is 0 Å². The molecule has 1 N–H and O–H groups in total. The summed E-state index contributed by atoms with van der Waals surface area (Å²) in [4.78, 5) is 9.20. The van der Waals surface area contributed by atoms with E-state index in [2.05, 4.69) is 32.4 Å². The van der Waals surface area contributed by atoms with Gasteiger partial charge in [-0.05, 0) is 37.6 Å². The van der Waals surface area contributed by atoms with E-state index in [9.17, 15) is 0 Å². The van der Waals surface area contributed by atoms with Crippen LogP contribution in [-0.4, -0.2) is 26.7 Å². The van der Waals surface area contributed by atoms with Crippen LogP contribution in [0, 0.1) is 6.92 Å². The minimum Gasteiger partial charge on any atom is -0.413 e. The molecule has 2 heterocycles. The summed E-state index contributed by atoms with van der Waals surface area (Å²) in [6, 6.07) is 15.8. The highest BCUT2D eigenvalue weighted by atomic mass is 16.4. The third-order valence-electron chi connectivity index (χ3n) is 4.06. The first-order valence-corrected chi connectivity index (χ1v) is 8.66. The lowest BCUT2D eigenvalue weighted by Crippen LogP contribution is -2.04. The van der Waals surface area contributed by atoms with Crippen LogP contribution in [0.1, 0.15) is 18.9 Å². The van der Waals surface area contributed by atoms with E-state index in [0.717, 1.165) is 35.2 Å². The predicted octanol–water partition coefficient (Wildman–Crippen LogP) is 4.48. The number of aromatic nitrogens is 4. The van der Waals surface area contributed by atoms with Gasteiger partial charge in [-0.3, -0.25) is 0 Å². The van der Waals surface area contributed by atoms with Crippen molar-refractivity contribution in [1.29, 1.82) is 0 Å². The molecule has 0 aliphatic rings. The molecule has 130 valence electrons. The van der Waals surface area contributed by atoms with Gasteiger partial charge in [-0.1, -0.05) is 36.8 Å². The van der Waals surface area contributed by atoms with Crippen molar-refractivity contribution in [1.82, 2.24) is 20.2 Å². The fraction of sp³-hybridized carbons (Fsp3) is 0.200. The maximum absolute atomic E-state index is 5.83. The Kier molecular flexibility index (Phi) is 4.31. The van der Waals surface area contributed by atoms with E-state index in [1.54, 1.807) is 0 Å². The summed E-state index contributed by atoms with van der Waals surface area (Å²) in [5, 5.41) is 12.6. The van der Waals surface area contributed by atoms with Crippen molar-refractivity contribution >= 4 is 16.7 Å². The molecule has 0 fully saturated rings. The lowest BCUT2D eigenvalue weighted by Gasteiger charge is -2.08. The first-order valence-electron chi connectivity index (χ1n) is 8.66. The van der Waals surface area contributed by atoms with E-state index in [0.29, 0.717) is 17.6 Å². The third-order valence-corrected chi connectivity index (χ3v) is 4.06. The molecule has 6 nitrogen and oxygen atoms in total. The molecule has 0 radical (unpaired) electrons. The molecule has 2 aromatic heterocycles. The normalized spacial score (nSPS) is 11.0. The Morgan fingerprint density at radius 1 is 0.923 bits per heavy atom. The summed E-state index contributed by atoms with van der Waals surface area (Å²) < 4.78 is 5.83. The Morgan fingerprint density at radius 2 is 1.69 bits per heavy atom. The van der Waals surface area contributed by atoms with Crippen LogP contribution < -0.4 is 5.32 Å².